The van der Waals surface area contributed by atoms with Crippen molar-refractivity contribution in [2.45, 2.75) is 32.2 Å². The average Bonchev–Trinajstić information content (AvgIpc) is 3.00. The molecule has 3 N–H and O–H groups in total. The Morgan fingerprint density at radius 3 is 2.63 bits per heavy atom. The zero-order valence-electron chi connectivity index (χ0n) is 16.4. The van der Waals surface area contributed by atoms with E-state index in [-0.39, 0.29) is 12.3 Å². The maximum Gasteiger partial charge on any atom is 0.303 e. The number of aliphatic carboxylic acids is 1. The second-order valence-corrected chi connectivity index (χ2v) is 8.56. The standard InChI is InChI=1S/C22H23N3O3S2/c23-14-15-8-10-16(11-9-15)18-6-4-5-17(24-18)13-19-21(28)25(22(29)30-19)12-3-1-2-7-20(26)27/h4-6,8-11,13H,1-3,7,12,14,23H2,(H,26,27). The molecular formula is C22H23N3O3S2. The van der Waals surface area contributed by atoms with Crippen molar-refractivity contribution in [2.24, 2.45) is 5.73 Å². The van der Waals surface area contributed by atoms with Gasteiger partial charge in [-0.25, -0.2) is 4.98 Å². The first-order chi connectivity index (χ1) is 14.5. The van der Waals surface area contributed by atoms with E-state index in [0.29, 0.717) is 34.4 Å². The fourth-order valence-corrected chi connectivity index (χ4v) is 4.35. The number of rotatable bonds is 9. The highest BCUT2D eigenvalue weighted by Crippen LogP contribution is 2.32. The zero-order chi connectivity index (χ0) is 21.5. The maximum absolute atomic E-state index is 12.7. The average molecular weight is 442 g/mol. The normalized spacial score (nSPS) is 15.2. The van der Waals surface area contributed by atoms with E-state index < -0.39 is 5.97 Å². The van der Waals surface area contributed by atoms with Gasteiger partial charge in [0, 0.05) is 25.1 Å². The highest BCUT2D eigenvalue weighted by atomic mass is 32.2. The van der Waals surface area contributed by atoms with E-state index in [9.17, 15) is 9.59 Å². The number of hydrogen-bond donors (Lipinski definition) is 2. The number of benzene rings is 1. The molecule has 0 bridgehead atoms. The van der Waals surface area contributed by atoms with E-state index in [1.807, 2.05) is 42.5 Å². The molecule has 2 aromatic rings. The number of hydrogen-bond acceptors (Lipinski definition) is 6. The third-order valence-corrected chi connectivity index (χ3v) is 6.06. The van der Waals surface area contributed by atoms with Gasteiger partial charge < -0.3 is 10.8 Å². The molecule has 3 rings (SSSR count). The molecule has 1 aliphatic rings. The predicted molar refractivity (Wildman–Crippen MR) is 124 cm³/mol. The van der Waals surface area contributed by atoms with Crippen molar-refractivity contribution in [1.82, 2.24) is 9.88 Å². The molecule has 1 fully saturated rings. The molecular weight excluding hydrogens is 418 g/mol. The van der Waals surface area contributed by atoms with Crippen LogP contribution in [0.4, 0.5) is 0 Å². The van der Waals surface area contributed by atoms with Crippen LogP contribution < -0.4 is 5.73 Å². The Bertz CT molecular complexity index is 974. The molecule has 1 amide bonds. The minimum atomic E-state index is -0.798. The van der Waals surface area contributed by atoms with Gasteiger partial charge in [-0.15, -0.1) is 0 Å². The van der Waals surface area contributed by atoms with Gasteiger partial charge >= 0.3 is 5.97 Å². The van der Waals surface area contributed by atoms with Crippen LogP contribution in [0.1, 0.15) is 36.9 Å². The lowest BCUT2D eigenvalue weighted by Crippen LogP contribution is -2.29. The first kappa shape index (κ1) is 22.1. The Morgan fingerprint density at radius 2 is 1.93 bits per heavy atom. The molecule has 1 aromatic heterocycles. The van der Waals surface area contributed by atoms with Crippen LogP contribution in [0.5, 0.6) is 0 Å². The van der Waals surface area contributed by atoms with Crippen LogP contribution in [0.2, 0.25) is 0 Å². The molecule has 1 aromatic carbocycles. The summed E-state index contributed by atoms with van der Waals surface area (Å²) in [5, 5.41) is 8.69. The number of nitrogens with zero attached hydrogens (tertiary/aromatic N) is 2. The fourth-order valence-electron chi connectivity index (χ4n) is 3.05. The second-order valence-electron chi connectivity index (χ2n) is 6.89. The number of thioether (sulfide) groups is 1. The molecule has 0 radical (unpaired) electrons. The number of nitrogens with two attached hydrogens (primary N) is 1. The van der Waals surface area contributed by atoms with Crippen LogP contribution in [0, 0.1) is 0 Å². The van der Waals surface area contributed by atoms with Gasteiger partial charge in [-0.05, 0) is 36.6 Å². The molecule has 0 unspecified atom stereocenters. The van der Waals surface area contributed by atoms with Gasteiger partial charge in [0.1, 0.15) is 4.32 Å². The molecule has 0 saturated carbocycles. The summed E-state index contributed by atoms with van der Waals surface area (Å²) in [5.74, 6) is -0.920. The molecule has 2 heterocycles. The first-order valence-electron chi connectivity index (χ1n) is 9.71. The third-order valence-electron chi connectivity index (χ3n) is 4.68. The van der Waals surface area contributed by atoms with Gasteiger partial charge in [0.15, 0.2) is 0 Å². The third kappa shape index (κ3) is 5.75. The summed E-state index contributed by atoms with van der Waals surface area (Å²) in [6, 6.07) is 13.6. The van der Waals surface area contributed by atoms with Crippen LogP contribution >= 0.6 is 24.0 Å². The van der Waals surface area contributed by atoms with Crippen LogP contribution in [-0.4, -0.2) is 37.7 Å². The molecule has 30 heavy (non-hydrogen) atoms. The lowest BCUT2D eigenvalue weighted by Gasteiger charge is -2.13. The quantitative estimate of drug-likeness (QED) is 0.344. The van der Waals surface area contributed by atoms with Crippen molar-refractivity contribution in [3.05, 3.63) is 58.6 Å². The number of carboxylic acids is 1. The summed E-state index contributed by atoms with van der Waals surface area (Å²) in [6.45, 7) is 0.998. The van der Waals surface area contributed by atoms with E-state index >= 15 is 0 Å². The predicted octanol–water partition coefficient (Wildman–Crippen LogP) is 4.05. The Hall–Kier alpha value is -2.55. The summed E-state index contributed by atoms with van der Waals surface area (Å²) < 4.78 is 0.526. The van der Waals surface area contributed by atoms with Gasteiger partial charge in [-0.1, -0.05) is 60.7 Å². The van der Waals surface area contributed by atoms with E-state index in [1.165, 1.54) is 11.8 Å². The van der Waals surface area contributed by atoms with Crippen molar-refractivity contribution in [1.29, 1.82) is 0 Å². The number of amides is 1. The SMILES string of the molecule is NCc1ccc(-c2cccc(C=C3SC(=S)N(CCCCCC(=O)O)C3=O)n2)cc1. The van der Waals surface area contributed by atoms with Crippen molar-refractivity contribution >= 4 is 46.3 Å². The van der Waals surface area contributed by atoms with Gasteiger partial charge in [0.25, 0.3) is 5.91 Å². The van der Waals surface area contributed by atoms with Crippen LogP contribution in [0.3, 0.4) is 0 Å². The Morgan fingerprint density at radius 1 is 1.17 bits per heavy atom. The van der Waals surface area contributed by atoms with E-state index in [1.54, 1.807) is 11.0 Å². The minimum absolute atomic E-state index is 0.122. The lowest BCUT2D eigenvalue weighted by molar-refractivity contribution is -0.137. The number of thiocarbonyl (C=S) groups is 1. The van der Waals surface area contributed by atoms with Gasteiger partial charge in [0.05, 0.1) is 16.3 Å². The molecule has 8 heteroatoms. The number of aromatic nitrogens is 1. The van der Waals surface area contributed by atoms with Crippen molar-refractivity contribution in [3.63, 3.8) is 0 Å². The van der Waals surface area contributed by atoms with E-state index in [4.69, 9.17) is 23.1 Å². The largest absolute Gasteiger partial charge is 0.481 e. The number of unbranched alkanes of at least 4 members (excludes halogenated alkanes) is 2. The number of carboxylic acid groups (broad SMARTS) is 1. The summed E-state index contributed by atoms with van der Waals surface area (Å²) in [4.78, 5) is 30.1. The van der Waals surface area contributed by atoms with Crippen molar-refractivity contribution < 1.29 is 14.7 Å². The molecule has 156 valence electrons. The van der Waals surface area contributed by atoms with Gasteiger partial charge in [-0.3, -0.25) is 14.5 Å². The smallest absolute Gasteiger partial charge is 0.303 e. The highest BCUT2D eigenvalue weighted by Gasteiger charge is 2.31. The highest BCUT2D eigenvalue weighted by molar-refractivity contribution is 8.26. The molecule has 6 nitrogen and oxygen atoms in total. The Labute approximate surface area is 185 Å². The Kier molecular flexibility index (Phi) is 7.73. The summed E-state index contributed by atoms with van der Waals surface area (Å²) in [5.41, 5.74) is 9.20. The van der Waals surface area contributed by atoms with E-state index in [0.717, 1.165) is 29.7 Å². The first-order valence-corrected chi connectivity index (χ1v) is 10.9. The number of pyridine rings is 1. The second kappa shape index (κ2) is 10.5. The number of carbonyl (C=O) groups is 2. The molecule has 1 aliphatic heterocycles. The molecule has 1 saturated heterocycles. The molecule has 0 aliphatic carbocycles. The van der Waals surface area contributed by atoms with Crippen molar-refractivity contribution in [3.8, 4) is 11.3 Å². The minimum Gasteiger partial charge on any atom is -0.481 e. The lowest BCUT2D eigenvalue weighted by atomic mass is 10.1. The monoisotopic (exact) mass is 441 g/mol. The summed E-state index contributed by atoms with van der Waals surface area (Å²) >= 11 is 6.63. The molecule has 0 spiro atoms. The summed E-state index contributed by atoms with van der Waals surface area (Å²) in [7, 11) is 0. The van der Waals surface area contributed by atoms with Crippen LogP contribution in [0.25, 0.3) is 17.3 Å². The van der Waals surface area contributed by atoms with Gasteiger partial charge in [-0.2, -0.15) is 0 Å². The molecule has 0 atom stereocenters. The van der Waals surface area contributed by atoms with Crippen molar-refractivity contribution in [2.75, 3.05) is 6.54 Å². The Balaban J connectivity index is 1.67. The van der Waals surface area contributed by atoms with Crippen LogP contribution in [0.15, 0.2) is 47.4 Å². The fraction of sp³-hybridized carbons (Fsp3) is 0.273. The van der Waals surface area contributed by atoms with E-state index in [2.05, 4.69) is 4.98 Å². The number of carbonyl (C=O) groups excluding carboxylic acids is 1. The maximum atomic E-state index is 12.7. The topological polar surface area (TPSA) is 96.5 Å². The zero-order valence-corrected chi connectivity index (χ0v) is 18.0. The van der Waals surface area contributed by atoms with Gasteiger partial charge in [0.2, 0.25) is 0 Å². The van der Waals surface area contributed by atoms with Crippen LogP contribution in [-0.2, 0) is 16.1 Å². The summed E-state index contributed by atoms with van der Waals surface area (Å²) in [6.07, 6.45) is 3.98.